The topological polar surface area (TPSA) is 70.8 Å². The molecule has 0 atom stereocenters. The SMILES string of the molecule is COC(=O)CSc1cc(OC)c(OC)cc1N. The fourth-order valence-electron chi connectivity index (χ4n) is 1.20. The van der Waals surface area contributed by atoms with Crippen LogP contribution in [0.3, 0.4) is 0 Å². The lowest BCUT2D eigenvalue weighted by atomic mass is 10.3. The van der Waals surface area contributed by atoms with E-state index in [1.165, 1.54) is 18.9 Å². The number of nitrogens with two attached hydrogens (primary N) is 1. The molecule has 0 radical (unpaired) electrons. The Balaban J connectivity index is 2.89. The minimum absolute atomic E-state index is 0.205. The first kappa shape index (κ1) is 13.5. The van der Waals surface area contributed by atoms with Gasteiger partial charge in [0.25, 0.3) is 0 Å². The largest absolute Gasteiger partial charge is 0.493 e. The zero-order valence-electron chi connectivity index (χ0n) is 9.98. The maximum atomic E-state index is 11.0. The minimum Gasteiger partial charge on any atom is -0.493 e. The van der Waals surface area contributed by atoms with Crippen molar-refractivity contribution in [2.24, 2.45) is 0 Å². The van der Waals surface area contributed by atoms with Crippen LogP contribution in [0.25, 0.3) is 0 Å². The van der Waals surface area contributed by atoms with E-state index in [-0.39, 0.29) is 11.7 Å². The first-order chi connectivity index (χ1) is 8.12. The lowest BCUT2D eigenvalue weighted by Crippen LogP contribution is -2.03. The molecule has 0 saturated carbocycles. The van der Waals surface area contributed by atoms with Gasteiger partial charge in [-0.05, 0) is 6.07 Å². The van der Waals surface area contributed by atoms with Crippen molar-refractivity contribution in [2.45, 2.75) is 4.90 Å². The second-order valence-corrected chi connectivity index (χ2v) is 4.13. The summed E-state index contributed by atoms with van der Waals surface area (Å²) in [6.07, 6.45) is 0. The Morgan fingerprint density at radius 1 is 1.24 bits per heavy atom. The van der Waals surface area contributed by atoms with E-state index in [0.29, 0.717) is 17.2 Å². The third-order valence-corrected chi connectivity index (χ3v) is 3.13. The number of thioether (sulfide) groups is 1. The fourth-order valence-corrected chi connectivity index (χ4v) is 2.00. The molecule has 1 rings (SSSR count). The number of hydrogen-bond acceptors (Lipinski definition) is 6. The summed E-state index contributed by atoms with van der Waals surface area (Å²) in [6, 6.07) is 3.40. The number of anilines is 1. The van der Waals surface area contributed by atoms with Gasteiger partial charge in [0.05, 0.1) is 27.1 Å². The van der Waals surface area contributed by atoms with E-state index in [9.17, 15) is 4.79 Å². The average Bonchev–Trinajstić information content (AvgIpc) is 2.36. The van der Waals surface area contributed by atoms with E-state index in [1.807, 2.05) is 0 Å². The molecule has 0 saturated heterocycles. The molecule has 1 aromatic carbocycles. The lowest BCUT2D eigenvalue weighted by molar-refractivity contribution is -0.137. The molecule has 0 aliphatic rings. The Labute approximate surface area is 104 Å². The van der Waals surface area contributed by atoms with Gasteiger partial charge in [0, 0.05) is 16.6 Å². The molecule has 0 unspecified atom stereocenters. The van der Waals surface area contributed by atoms with E-state index in [1.54, 1.807) is 26.4 Å². The average molecular weight is 257 g/mol. The second kappa shape index (κ2) is 6.24. The molecule has 0 aliphatic carbocycles. The van der Waals surface area contributed by atoms with Crippen LogP contribution in [0.15, 0.2) is 17.0 Å². The number of carbonyl (C=O) groups is 1. The summed E-state index contributed by atoms with van der Waals surface area (Å²) in [7, 11) is 4.43. The minimum atomic E-state index is -0.302. The molecule has 0 aromatic heterocycles. The maximum absolute atomic E-state index is 11.0. The normalized spacial score (nSPS) is 9.82. The van der Waals surface area contributed by atoms with Crippen LogP contribution < -0.4 is 15.2 Å². The molecule has 0 amide bonds. The molecule has 94 valence electrons. The van der Waals surface area contributed by atoms with Crippen molar-refractivity contribution in [1.82, 2.24) is 0 Å². The number of carbonyl (C=O) groups excluding carboxylic acids is 1. The highest BCUT2D eigenvalue weighted by Crippen LogP contribution is 2.36. The lowest BCUT2D eigenvalue weighted by Gasteiger charge is -2.11. The maximum Gasteiger partial charge on any atom is 0.315 e. The van der Waals surface area contributed by atoms with E-state index in [4.69, 9.17) is 15.2 Å². The van der Waals surface area contributed by atoms with Crippen LogP contribution >= 0.6 is 11.8 Å². The van der Waals surface area contributed by atoms with Gasteiger partial charge in [-0.3, -0.25) is 4.79 Å². The number of hydrogen-bond donors (Lipinski definition) is 1. The molecule has 0 bridgehead atoms. The van der Waals surface area contributed by atoms with Gasteiger partial charge < -0.3 is 19.9 Å². The predicted octanol–water partition coefficient (Wildman–Crippen LogP) is 1.55. The molecule has 1 aromatic rings. The third kappa shape index (κ3) is 3.45. The molecular weight excluding hydrogens is 242 g/mol. The summed E-state index contributed by atoms with van der Waals surface area (Å²) >= 11 is 1.29. The summed E-state index contributed by atoms with van der Waals surface area (Å²) < 4.78 is 14.8. The Kier molecular flexibility index (Phi) is 4.96. The van der Waals surface area contributed by atoms with Crippen molar-refractivity contribution in [3.05, 3.63) is 12.1 Å². The molecule has 2 N–H and O–H groups in total. The molecular formula is C11H15NO4S. The van der Waals surface area contributed by atoms with E-state index in [0.717, 1.165) is 4.90 Å². The smallest absolute Gasteiger partial charge is 0.315 e. The highest BCUT2D eigenvalue weighted by molar-refractivity contribution is 8.00. The van der Waals surface area contributed by atoms with Crippen LogP contribution in [0.2, 0.25) is 0 Å². The van der Waals surface area contributed by atoms with Crippen LogP contribution in [0.4, 0.5) is 5.69 Å². The molecule has 5 nitrogen and oxygen atoms in total. The van der Waals surface area contributed by atoms with Crippen molar-refractivity contribution < 1.29 is 19.0 Å². The first-order valence-electron chi connectivity index (χ1n) is 4.83. The summed E-state index contributed by atoms with van der Waals surface area (Å²) in [4.78, 5) is 11.8. The number of ether oxygens (including phenoxy) is 3. The number of rotatable bonds is 5. The highest BCUT2D eigenvalue weighted by atomic mass is 32.2. The highest BCUT2D eigenvalue weighted by Gasteiger charge is 2.11. The van der Waals surface area contributed by atoms with E-state index in [2.05, 4.69) is 4.74 Å². The Hall–Kier alpha value is -1.56. The Bertz CT molecular complexity index is 409. The van der Waals surface area contributed by atoms with Crippen LogP contribution in [0.5, 0.6) is 11.5 Å². The van der Waals surface area contributed by atoms with E-state index < -0.39 is 0 Å². The van der Waals surface area contributed by atoms with Crippen molar-refractivity contribution >= 4 is 23.4 Å². The molecule has 6 heteroatoms. The molecule has 0 aliphatic heterocycles. The summed E-state index contributed by atoms with van der Waals surface area (Å²) in [6.45, 7) is 0. The predicted molar refractivity (Wildman–Crippen MR) is 66.7 cm³/mol. The number of nitrogen functional groups attached to an aromatic ring is 1. The number of benzene rings is 1. The standard InChI is InChI=1S/C11H15NO4S/c1-14-8-4-7(12)10(5-9(8)15-2)17-6-11(13)16-3/h4-5H,6,12H2,1-3H3. The zero-order valence-corrected chi connectivity index (χ0v) is 10.8. The van der Waals surface area contributed by atoms with Gasteiger partial charge in [-0.25, -0.2) is 0 Å². The summed E-state index contributed by atoms with van der Waals surface area (Å²) in [5.41, 5.74) is 6.38. The summed E-state index contributed by atoms with van der Waals surface area (Å²) in [5.74, 6) is 1.04. The van der Waals surface area contributed by atoms with Crippen LogP contribution in [0, 0.1) is 0 Å². The summed E-state index contributed by atoms with van der Waals surface area (Å²) in [5, 5.41) is 0. The molecule has 0 heterocycles. The van der Waals surface area contributed by atoms with Gasteiger partial charge in [0.2, 0.25) is 0 Å². The van der Waals surface area contributed by atoms with Crippen LogP contribution in [-0.4, -0.2) is 33.1 Å². The second-order valence-electron chi connectivity index (χ2n) is 3.11. The van der Waals surface area contributed by atoms with Crippen LogP contribution in [-0.2, 0) is 9.53 Å². The molecule has 17 heavy (non-hydrogen) atoms. The van der Waals surface area contributed by atoms with Gasteiger partial charge in [-0.2, -0.15) is 0 Å². The van der Waals surface area contributed by atoms with Gasteiger partial charge in [-0.1, -0.05) is 0 Å². The Morgan fingerprint density at radius 2 is 1.82 bits per heavy atom. The van der Waals surface area contributed by atoms with Gasteiger partial charge in [0.1, 0.15) is 0 Å². The monoisotopic (exact) mass is 257 g/mol. The van der Waals surface area contributed by atoms with Crippen molar-refractivity contribution in [1.29, 1.82) is 0 Å². The van der Waals surface area contributed by atoms with Crippen molar-refractivity contribution in [2.75, 3.05) is 32.8 Å². The molecule has 0 spiro atoms. The number of methoxy groups -OCH3 is 3. The van der Waals surface area contributed by atoms with E-state index >= 15 is 0 Å². The van der Waals surface area contributed by atoms with Gasteiger partial charge in [0.15, 0.2) is 11.5 Å². The van der Waals surface area contributed by atoms with Gasteiger partial charge in [-0.15, -0.1) is 11.8 Å². The van der Waals surface area contributed by atoms with Crippen molar-refractivity contribution in [3.63, 3.8) is 0 Å². The van der Waals surface area contributed by atoms with Gasteiger partial charge >= 0.3 is 5.97 Å². The van der Waals surface area contributed by atoms with Crippen LogP contribution in [0.1, 0.15) is 0 Å². The number of esters is 1. The van der Waals surface area contributed by atoms with Crippen molar-refractivity contribution in [3.8, 4) is 11.5 Å². The zero-order chi connectivity index (χ0) is 12.8. The first-order valence-corrected chi connectivity index (χ1v) is 5.82. The Morgan fingerprint density at radius 3 is 2.35 bits per heavy atom. The molecule has 0 fully saturated rings. The quantitative estimate of drug-likeness (QED) is 0.490. The third-order valence-electron chi connectivity index (χ3n) is 2.09. The fraction of sp³-hybridized carbons (Fsp3) is 0.364.